The van der Waals surface area contributed by atoms with Crippen molar-refractivity contribution >= 4 is 39.6 Å². The fourth-order valence-electron chi connectivity index (χ4n) is 4.39. The monoisotopic (exact) mass is 459 g/mol. The molecular formula is C29H22N3OP. The SMILES string of the molecule is Cn1c(=O)c(C#N)c(N=P(c2ccccc2)(c2ccccc2)c2ccccc2)c2ccccc21. The molecule has 0 spiro atoms. The highest BCUT2D eigenvalue weighted by molar-refractivity contribution is 7.87. The van der Waals surface area contributed by atoms with Gasteiger partial charge in [0.2, 0.25) is 0 Å². The maximum absolute atomic E-state index is 13.2. The Labute approximate surface area is 198 Å². The molecule has 1 heterocycles. The normalized spacial score (nSPS) is 11.2. The van der Waals surface area contributed by atoms with Gasteiger partial charge in [0.15, 0.2) is 0 Å². The standard InChI is InChI=1S/C29H22N3OP/c1-32-27-20-12-11-19-25(27)28(26(21-30)29(32)33)31-34(22-13-5-2-6-14-22,23-15-7-3-8-16-23)24-17-9-4-10-18-24/h2-20H,1H3. The Kier molecular flexibility index (Phi) is 5.72. The number of para-hydroxylation sites is 1. The summed E-state index contributed by atoms with van der Waals surface area (Å²) in [7, 11) is -0.931. The topological polar surface area (TPSA) is 58.1 Å². The number of benzene rings is 4. The van der Waals surface area contributed by atoms with Gasteiger partial charge in [0, 0.05) is 28.3 Å². The molecule has 0 saturated carbocycles. The highest BCUT2D eigenvalue weighted by Gasteiger charge is 2.29. The molecule has 0 atom stereocenters. The van der Waals surface area contributed by atoms with Crippen LogP contribution in [0.15, 0.2) is 125 Å². The van der Waals surface area contributed by atoms with E-state index in [0.717, 1.165) is 26.8 Å². The molecule has 0 radical (unpaired) electrons. The minimum atomic E-state index is -2.63. The summed E-state index contributed by atoms with van der Waals surface area (Å²) in [5.41, 5.74) is 0.921. The largest absolute Gasteiger partial charge is 0.310 e. The van der Waals surface area contributed by atoms with E-state index in [1.54, 1.807) is 7.05 Å². The second-order valence-corrected chi connectivity index (χ2v) is 11.0. The molecule has 0 saturated heterocycles. The number of rotatable bonds is 4. The highest BCUT2D eigenvalue weighted by atomic mass is 31.2. The summed E-state index contributed by atoms with van der Waals surface area (Å²) in [6.07, 6.45) is 0. The molecular weight excluding hydrogens is 437 g/mol. The lowest BCUT2D eigenvalue weighted by Crippen LogP contribution is -2.25. The van der Waals surface area contributed by atoms with E-state index in [0.29, 0.717) is 5.69 Å². The lowest BCUT2D eigenvalue weighted by molar-refractivity contribution is 0.901. The Morgan fingerprint density at radius 3 is 1.62 bits per heavy atom. The minimum absolute atomic E-state index is 0.0633. The van der Waals surface area contributed by atoms with Crippen LogP contribution in [0.2, 0.25) is 0 Å². The number of hydrogen-bond donors (Lipinski definition) is 0. The zero-order valence-corrected chi connectivity index (χ0v) is 19.6. The van der Waals surface area contributed by atoms with Crippen molar-refractivity contribution < 1.29 is 0 Å². The van der Waals surface area contributed by atoms with E-state index in [1.165, 1.54) is 4.57 Å². The molecule has 5 heteroatoms. The van der Waals surface area contributed by atoms with Gasteiger partial charge >= 0.3 is 0 Å². The fourth-order valence-corrected chi connectivity index (χ4v) is 7.95. The number of aryl methyl sites for hydroxylation is 1. The smallest absolute Gasteiger partial charge is 0.270 e. The van der Waals surface area contributed by atoms with Gasteiger partial charge in [-0.1, -0.05) is 109 Å². The molecule has 1 aromatic heterocycles. The molecule has 0 unspecified atom stereocenters. The zero-order chi connectivity index (χ0) is 23.5. The van der Waals surface area contributed by atoms with E-state index < -0.39 is 7.05 Å². The van der Waals surface area contributed by atoms with E-state index in [9.17, 15) is 10.1 Å². The van der Waals surface area contributed by atoms with Crippen LogP contribution in [0.4, 0.5) is 5.69 Å². The second-order valence-electron chi connectivity index (χ2n) is 7.96. The van der Waals surface area contributed by atoms with E-state index in [4.69, 9.17) is 4.74 Å². The molecule has 4 nitrogen and oxygen atoms in total. The molecule has 0 aliphatic rings. The number of hydrogen-bond acceptors (Lipinski definition) is 3. The van der Waals surface area contributed by atoms with E-state index in [1.807, 2.05) is 78.9 Å². The molecule has 164 valence electrons. The van der Waals surface area contributed by atoms with Crippen LogP contribution in [0, 0.1) is 11.3 Å². The van der Waals surface area contributed by atoms with Gasteiger partial charge in [0.25, 0.3) is 5.56 Å². The summed E-state index contributed by atoms with van der Waals surface area (Å²) in [4.78, 5) is 13.2. The van der Waals surface area contributed by atoms with Crippen LogP contribution in [0.3, 0.4) is 0 Å². The summed E-state index contributed by atoms with van der Waals surface area (Å²) in [6, 6.07) is 40.4. The van der Waals surface area contributed by atoms with Crippen molar-refractivity contribution in [2.75, 3.05) is 0 Å². The molecule has 5 aromatic rings. The molecule has 4 aromatic carbocycles. The van der Waals surface area contributed by atoms with Crippen LogP contribution in [-0.2, 0) is 7.05 Å². The van der Waals surface area contributed by atoms with Gasteiger partial charge in [-0.15, -0.1) is 0 Å². The first-order valence-electron chi connectivity index (χ1n) is 11.0. The third-order valence-corrected chi connectivity index (χ3v) is 9.66. The van der Waals surface area contributed by atoms with Crippen LogP contribution < -0.4 is 21.5 Å². The number of aromatic nitrogens is 1. The van der Waals surface area contributed by atoms with Gasteiger partial charge in [-0.25, -0.2) is 0 Å². The van der Waals surface area contributed by atoms with E-state index >= 15 is 0 Å². The number of nitriles is 1. The third-order valence-electron chi connectivity index (χ3n) is 6.03. The summed E-state index contributed by atoms with van der Waals surface area (Å²) in [5.74, 6) is 0. The van der Waals surface area contributed by atoms with Crippen molar-refractivity contribution in [1.82, 2.24) is 4.57 Å². The number of fused-ring (bicyclic) bond motifs is 1. The maximum atomic E-state index is 13.2. The van der Waals surface area contributed by atoms with Crippen LogP contribution >= 0.6 is 7.05 Å². The van der Waals surface area contributed by atoms with Crippen molar-refractivity contribution in [3.63, 3.8) is 0 Å². The predicted octanol–water partition coefficient (Wildman–Crippen LogP) is 5.22. The predicted molar refractivity (Wildman–Crippen MR) is 141 cm³/mol. The van der Waals surface area contributed by atoms with Crippen molar-refractivity contribution in [2.45, 2.75) is 0 Å². The van der Waals surface area contributed by atoms with Gasteiger partial charge in [-0.05, 0) is 6.07 Å². The van der Waals surface area contributed by atoms with Crippen molar-refractivity contribution in [3.8, 4) is 6.07 Å². The summed E-state index contributed by atoms with van der Waals surface area (Å²) in [5, 5.41) is 14.0. The molecule has 0 fully saturated rings. The lowest BCUT2D eigenvalue weighted by atomic mass is 10.1. The average molecular weight is 459 g/mol. The van der Waals surface area contributed by atoms with Gasteiger partial charge in [0.05, 0.1) is 18.3 Å². The van der Waals surface area contributed by atoms with Crippen molar-refractivity contribution in [1.29, 1.82) is 5.26 Å². The Hall–Kier alpha value is -4.19. The summed E-state index contributed by atoms with van der Waals surface area (Å²) >= 11 is 0. The first-order chi connectivity index (χ1) is 16.7. The Morgan fingerprint density at radius 2 is 1.15 bits per heavy atom. The average Bonchev–Trinajstić information content (AvgIpc) is 2.91. The molecule has 0 bridgehead atoms. The van der Waals surface area contributed by atoms with Gasteiger partial charge in [-0.2, -0.15) is 5.26 Å². The molecule has 0 amide bonds. The molecule has 5 rings (SSSR count). The van der Waals surface area contributed by atoms with Crippen LogP contribution in [-0.4, -0.2) is 4.57 Å². The number of pyridine rings is 1. The highest BCUT2D eigenvalue weighted by Crippen LogP contribution is 2.50. The van der Waals surface area contributed by atoms with E-state index in [-0.39, 0.29) is 11.1 Å². The number of nitrogens with zero attached hydrogens (tertiary/aromatic N) is 3. The fraction of sp³-hybridized carbons (Fsp3) is 0.0345. The van der Waals surface area contributed by atoms with Gasteiger partial charge < -0.3 is 4.57 Å². The maximum Gasteiger partial charge on any atom is 0.270 e. The zero-order valence-electron chi connectivity index (χ0n) is 18.7. The van der Waals surface area contributed by atoms with Crippen LogP contribution in [0.1, 0.15) is 5.56 Å². The summed E-state index contributed by atoms with van der Waals surface area (Å²) in [6.45, 7) is 0. The van der Waals surface area contributed by atoms with E-state index in [2.05, 4.69) is 42.5 Å². The molecule has 0 aliphatic heterocycles. The molecule has 0 N–H and O–H groups in total. The summed E-state index contributed by atoms with van der Waals surface area (Å²) < 4.78 is 7.01. The Bertz CT molecular complexity index is 1530. The van der Waals surface area contributed by atoms with Crippen molar-refractivity contribution in [2.24, 2.45) is 11.8 Å². The Morgan fingerprint density at radius 1 is 0.706 bits per heavy atom. The van der Waals surface area contributed by atoms with Crippen molar-refractivity contribution in [3.05, 3.63) is 131 Å². The molecule has 34 heavy (non-hydrogen) atoms. The second kappa shape index (κ2) is 8.98. The minimum Gasteiger partial charge on any atom is -0.310 e. The van der Waals surface area contributed by atoms with Crippen LogP contribution in [0.25, 0.3) is 10.9 Å². The third kappa shape index (κ3) is 3.48. The first kappa shape index (κ1) is 21.6. The first-order valence-corrected chi connectivity index (χ1v) is 12.7. The van der Waals surface area contributed by atoms with Crippen LogP contribution in [0.5, 0.6) is 0 Å². The van der Waals surface area contributed by atoms with Gasteiger partial charge in [0.1, 0.15) is 11.6 Å². The quantitative estimate of drug-likeness (QED) is 0.346. The Balaban J connectivity index is 2.06. The van der Waals surface area contributed by atoms with Gasteiger partial charge in [-0.3, -0.25) is 9.54 Å². The molecule has 0 aliphatic carbocycles. The lowest BCUT2D eigenvalue weighted by Gasteiger charge is -2.27.